The number of H-pyrrole nitrogens is 1. The van der Waals surface area contributed by atoms with Crippen LogP contribution in [0.1, 0.15) is 55.6 Å². The third-order valence-corrected chi connectivity index (χ3v) is 7.83. The Morgan fingerprint density at radius 3 is 2.42 bits per heavy atom. The fourth-order valence-corrected chi connectivity index (χ4v) is 5.68. The van der Waals surface area contributed by atoms with Gasteiger partial charge in [-0.1, -0.05) is 18.2 Å². The number of hydrogen-bond acceptors (Lipinski definition) is 2. The largest absolute Gasteiger partial charge is 0.361 e. The van der Waals surface area contributed by atoms with E-state index in [1.54, 1.807) is 4.90 Å². The van der Waals surface area contributed by atoms with Gasteiger partial charge in [-0.25, -0.2) is 13.2 Å². The van der Waals surface area contributed by atoms with E-state index in [9.17, 15) is 18.0 Å². The highest BCUT2D eigenvalue weighted by molar-refractivity contribution is 5.91. The van der Waals surface area contributed by atoms with Gasteiger partial charge in [-0.15, -0.1) is 0 Å². The number of nitrogens with one attached hydrogen (secondary N) is 2. The molecular weight excluding hydrogens is 463 g/mol. The lowest BCUT2D eigenvalue weighted by Crippen LogP contribution is -2.42. The van der Waals surface area contributed by atoms with Gasteiger partial charge in [0, 0.05) is 42.3 Å². The van der Waals surface area contributed by atoms with Crippen molar-refractivity contribution in [2.45, 2.75) is 50.5 Å². The number of carbonyl (C=O) groups excluding carboxylic acids is 1. The van der Waals surface area contributed by atoms with Crippen LogP contribution in [0.15, 0.2) is 48.7 Å². The van der Waals surface area contributed by atoms with Gasteiger partial charge in [0.05, 0.1) is 0 Å². The lowest BCUT2D eigenvalue weighted by atomic mass is 9.81. The van der Waals surface area contributed by atoms with Crippen molar-refractivity contribution in [1.29, 1.82) is 0 Å². The first-order chi connectivity index (χ1) is 17.5. The molecule has 4 nitrogen and oxygen atoms in total. The van der Waals surface area contributed by atoms with E-state index in [1.165, 1.54) is 54.3 Å². The summed E-state index contributed by atoms with van der Waals surface area (Å²) < 4.78 is 39.8. The van der Waals surface area contributed by atoms with Gasteiger partial charge in [0.1, 0.15) is 0 Å². The first-order valence-corrected chi connectivity index (χ1v) is 12.9. The summed E-state index contributed by atoms with van der Waals surface area (Å²) in [6.07, 6.45) is 11.4. The van der Waals surface area contributed by atoms with E-state index >= 15 is 0 Å². The predicted octanol–water partition coefficient (Wildman–Crippen LogP) is 6.15. The molecule has 0 spiro atoms. The summed E-state index contributed by atoms with van der Waals surface area (Å²) >= 11 is 0. The average Bonchev–Trinajstić information content (AvgIpc) is 3.34. The van der Waals surface area contributed by atoms with Gasteiger partial charge < -0.3 is 15.2 Å². The van der Waals surface area contributed by atoms with Crippen molar-refractivity contribution in [2.24, 2.45) is 5.92 Å². The Hall–Kier alpha value is -3.06. The number of likely N-dealkylation sites (tertiary alicyclic amines) is 1. The summed E-state index contributed by atoms with van der Waals surface area (Å²) in [6, 6.07) is 10.8. The maximum absolute atomic E-state index is 13.4. The van der Waals surface area contributed by atoms with E-state index in [2.05, 4.69) is 40.8 Å². The molecule has 0 bridgehead atoms. The van der Waals surface area contributed by atoms with Crippen molar-refractivity contribution in [3.8, 4) is 0 Å². The molecule has 2 fully saturated rings. The van der Waals surface area contributed by atoms with E-state index < -0.39 is 17.5 Å². The zero-order chi connectivity index (χ0) is 25.1. The van der Waals surface area contributed by atoms with E-state index in [4.69, 9.17) is 0 Å². The molecule has 3 aromatic rings. The summed E-state index contributed by atoms with van der Waals surface area (Å²) in [5, 5.41) is 5.12. The number of benzene rings is 2. The Morgan fingerprint density at radius 2 is 1.69 bits per heavy atom. The van der Waals surface area contributed by atoms with Gasteiger partial charge in [0.25, 0.3) is 0 Å². The van der Waals surface area contributed by atoms with Crippen LogP contribution in [0.25, 0.3) is 17.0 Å². The highest BCUT2D eigenvalue weighted by atomic mass is 19.2. The van der Waals surface area contributed by atoms with Gasteiger partial charge in [0.2, 0.25) is 5.91 Å². The van der Waals surface area contributed by atoms with Crippen LogP contribution in [-0.2, 0) is 4.79 Å². The van der Waals surface area contributed by atoms with Crippen LogP contribution in [0.4, 0.5) is 13.2 Å². The van der Waals surface area contributed by atoms with Crippen LogP contribution in [0.3, 0.4) is 0 Å². The first-order valence-electron chi connectivity index (χ1n) is 12.9. The molecule has 2 aromatic carbocycles. The molecule has 5 rings (SSSR count). The van der Waals surface area contributed by atoms with Crippen molar-refractivity contribution in [3.05, 3.63) is 77.2 Å². The van der Waals surface area contributed by atoms with Crippen molar-refractivity contribution < 1.29 is 18.0 Å². The molecule has 0 unspecified atom stereocenters. The number of para-hydroxylation sites is 1. The third-order valence-electron chi connectivity index (χ3n) is 7.83. The monoisotopic (exact) mass is 495 g/mol. The highest BCUT2D eigenvalue weighted by Crippen LogP contribution is 2.36. The van der Waals surface area contributed by atoms with Crippen molar-refractivity contribution in [2.75, 3.05) is 19.6 Å². The number of nitrogens with zero attached hydrogens (tertiary/aromatic N) is 1. The molecule has 1 aliphatic carbocycles. The highest BCUT2D eigenvalue weighted by Gasteiger charge is 2.26. The van der Waals surface area contributed by atoms with Crippen molar-refractivity contribution in [3.63, 3.8) is 0 Å². The molecule has 2 N–H and O–H groups in total. The number of aromatic amines is 1. The Morgan fingerprint density at radius 1 is 1.00 bits per heavy atom. The first kappa shape index (κ1) is 24.6. The second kappa shape index (κ2) is 10.9. The van der Waals surface area contributed by atoms with E-state index in [0.717, 1.165) is 31.5 Å². The summed E-state index contributed by atoms with van der Waals surface area (Å²) in [6.45, 7) is 2.29. The molecule has 2 aliphatic rings. The van der Waals surface area contributed by atoms with E-state index in [0.29, 0.717) is 31.0 Å². The molecule has 7 heteroatoms. The lowest BCUT2D eigenvalue weighted by molar-refractivity contribution is -0.127. The Labute approximate surface area is 209 Å². The van der Waals surface area contributed by atoms with Crippen molar-refractivity contribution >= 4 is 22.9 Å². The number of piperidine rings is 1. The number of carbonyl (C=O) groups is 1. The summed E-state index contributed by atoms with van der Waals surface area (Å²) in [5.41, 5.74) is 2.79. The maximum Gasteiger partial charge on any atom is 0.246 e. The quantitative estimate of drug-likeness (QED) is 0.318. The standard InChI is InChI=1S/C29H32F3N3O/c30-25-15-20(16-26(31)29(25)32)5-10-28(36)35-13-11-19(12-14-35)17-33-22-8-6-21(7-9-22)24-18-34-27-4-2-1-3-23(24)27/h1-5,10,15-16,18-19,21-22,33-34H,6-9,11-14,17H2/b10-5+/t21-,22-. The molecule has 0 atom stereocenters. The Kier molecular flexibility index (Phi) is 7.46. The van der Waals surface area contributed by atoms with Crippen LogP contribution >= 0.6 is 0 Å². The molecule has 2 heterocycles. The zero-order valence-corrected chi connectivity index (χ0v) is 20.3. The molecule has 1 saturated carbocycles. The van der Waals surface area contributed by atoms with Gasteiger partial charge >= 0.3 is 0 Å². The number of hydrogen-bond donors (Lipinski definition) is 2. The molecule has 190 valence electrons. The minimum Gasteiger partial charge on any atom is -0.361 e. The van der Waals surface area contributed by atoms with E-state index in [1.807, 2.05) is 0 Å². The second-order valence-electron chi connectivity index (χ2n) is 10.1. The molecule has 1 amide bonds. The number of halogens is 3. The van der Waals surface area contributed by atoms with Gasteiger partial charge in [-0.2, -0.15) is 0 Å². The van der Waals surface area contributed by atoms with Gasteiger partial charge in [-0.05, 0) is 92.3 Å². The van der Waals surface area contributed by atoms with Gasteiger partial charge in [0.15, 0.2) is 17.5 Å². The number of fused-ring (bicyclic) bond motifs is 1. The number of amides is 1. The third kappa shape index (κ3) is 5.51. The average molecular weight is 496 g/mol. The Balaban J connectivity index is 1.04. The Bertz CT molecular complexity index is 1210. The molecule has 1 aromatic heterocycles. The van der Waals surface area contributed by atoms with Crippen LogP contribution in [0.5, 0.6) is 0 Å². The minimum atomic E-state index is -1.50. The fourth-order valence-electron chi connectivity index (χ4n) is 5.68. The van der Waals surface area contributed by atoms with Gasteiger partial charge in [-0.3, -0.25) is 4.79 Å². The van der Waals surface area contributed by atoms with Crippen LogP contribution < -0.4 is 5.32 Å². The summed E-state index contributed by atoms with van der Waals surface area (Å²) in [4.78, 5) is 17.7. The van der Waals surface area contributed by atoms with Crippen LogP contribution in [0, 0.1) is 23.4 Å². The molecule has 1 aliphatic heterocycles. The van der Waals surface area contributed by atoms with Crippen LogP contribution in [-0.4, -0.2) is 41.5 Å². The van der Waals surface area contributed by atoms with Crippen molar-refractivity contribution in [1.82, 2.24) is 15.2 Å². The lowest BCUT2D eigenvalue weighted by Gasteiger charge is -2.34. The number of aromatic nitrogens is 1. The van der Waals surface area contributed by atoms with E-state index in [-0.39, 0.29) is 11.5 Å². The second-order valence-corrected chi connectivity index (χ2v) is 10.1. The minimum absolute atomic E-state index is 0.123. The molecule has 1 saturated heterocycles. The van der Waals surface area contributed by atoms with Crippen LogP contribution in [0.2, 0.25) is 0 Å². The molecule has 36 heavy (non-hydrogen) atoms. The fraction of sp³-hybridized carbons (Fsp3) is 0.414. The summed E-state index contributed by atoms with van der Waals surface area (Å²) in [7, 11) is 0. The number of rotatable bonds is 6. The maximum atomic E-state index is 13.4. The molecular formula is C29H32F3N3O. The zero-order valence-electron chi connectivity index (χ0n) is 20.3. The SMILES string of the molecule is O=C(/C=C/c1cc(F)c(F)c(F)c1)N1CCC(CN[C@H]2CC[C@H](c3c[nH]c4ccccc43)CC2)CC1. The predicted molar refractivity (Wildman–Crippen MR) is 136 cm³/mol. The molecule has 0 radical (unpaired) electrons. The topological polar surface area (TPSA) is 48.1 Å². The normalized spacial score (nSPS) is 21.5. The smallest absolute Gasteiger partial charge is 0.246 e. The summed E-state index contributed by atoms with van der Waals surface area (Å²) in [5.74, 6) is -3.07.